The summed E-state index contributed by atoms with van der Waals surface area (Å²) in [6.45, 7) is 7.22. The van der Waals surface area contributed by atoms with E-state index < -0.39 is 0 Å². The van der Waals surface area contributed by atoms with Gasteiger partial charge in [-0.3, -0.25) is 14.4 Å². The van der Waals surface area contributed by atoms with E-state index in [9.17, 15) is 4.79 Å². The van der Waals surface area contributed by atoms with Gasteiger partial charge in [0.05, 0.1) is 12.2 Å². The minimum absolute atomic E-state index is 0.0556. The Labute approximate surface area is 161 Å². The molecule has 134 valence electrons. The molecule has 26 heavy (non-hydrogen) atoms. The quantitative estimate of drug-likeness (QED) is 0.624. The maximum absolute atomic E-state index is 12.8. The van der Waals surface area contributed by atoms with Crippen LogP contribution >= 0.6 is 15.9 Å². The van der Waals surface area contributed by atoms with Gasteiger partial charge in [0.15, 0.2) is 0 Å². The molecule has 2 heterocycles. The third-order valence-corrected chi connectivity index (χ3v) is 4.66. The monoisotopic (exact) mass is 412 g/mol. The van der Waals surface area contributed by atoms with Crippen molar-refractivity contribution in [3.05, 3.63) is 75.6 Å². The van der Waals surface area contributed by atoms with Gasteiger partial charge in [0.25, 0.3) is 5.91 Å². The molecule has 0 aliphatic rings. The van der Waals surface area contributed by atoms with Crippen LogP contribution in [0.5, 0.6) is 0 Å². The summed E-state index contributed by atoms with van der Waals surface area (Å²) in [7, 11) is 0. The van der Waals surface area contributed by atoms with E-state index in [1.807, 2.05) is 61.9 Å². The summed E-state index contributed by atoms with van der Waals surface area (Å²) in [4.78, 5) is 18.8. The zero-order chi connectivity index (χ0) is 18.7. The van der Waals surface area contributed by atoms with E-state index >= 15 is 0 Å². The molecule has 1 amide bonds. The Balaban J connectivity index is 1.77. The Morgan fingerprint density at radius 3 is 2.42 bits per heavy atom. The Bertz CT molecular complexity index is 901. The topological polar surface area (TPSA) is 51.0 Å². The second-order valence-electron chi connectivity index (χ2n) is 6.17. The summed E-state index contributed by atoms with van der Waals surface area (Å²) in [5, 5.41) is 4.48. The molecule has 2 aromatic heterocycles. The van der Waals surface area contributed by atoms with Crippen LogP contribution in [-0.4, -0.2) is 27.2 Å². The molecule has 1 aromatic carbocycles. The number of hydrogen-bond acceptors (Lipinski definition) is 3. The van der Waals surface area contributed by atoms with E-state index in [-0.39, 0.29) is 5.91 Å². The number of aryl methyl sites for hydroxylation is 2. The van der Waals surface area contributed by atoms with E-state index in [4.69, 9.17) is 0 Å². The average Bonchev–Trinajstić information content (AvgIpc) is 2.95. The van der Waals surface area contributed by atoms with Crippen LogP contribution in [0.15, 0.2) is 53.1 Å². The molecule has 0 N–H and O–H groups in total. The molecule has 0 unspecified atom stereocenters. The lowest BCUT2D eigenvalue weighted by Gasteiger charge is -2.20. The van der Waals surface area contributed by atoms with Crippen LogP contribution in [-0.2, 0) is 6.54 Å². The van der Waals surface area contributed by atoms with Gasteiger partial charge in [-0.05, 0) is 72.6 Å². The Hall–Kier alpha value is -2.47. The molecule has 6 heteroatoms. The van der Waals surface area contributed by atoms with Crippen LogP contribution in [0.1, 0.15) is 34.2 Å². The number of halogens is 1. The number of carbonyl (C=O) groups is 1. The molecule has 0 saturated carbocycles. The van der Waals surface area contributed by atoms with Gasteiger partial charge in [0.1, 0.15) is 5.82 Å². The number of amides is 1. The van der Waals surface area contributed by atoms with Crippen molar-refractivity contribution >= 4 is 27.7 Å². The largest absolute Gasteiger partial charge is 0.293 e. The molecule has 3 rings (SSSR count). The lowest BCUT2D eigenvalue weighted by Crippen LogP contribution is -2.31. The summed E-state index contributed by atoms with van der Waals surface area (Å²) in [5.74, 6) is 0.590. The van der Waals surface area contributed by atoms with E-state index in [1.165, 1.54) is 0 Å². The van der Waals surface area contributed by atoms with Crippen molar-refractivity contribution in [1.29, 1.82) is 0 Å². The predicted molar refractivity (Wildman–Crippen MR) is 107 cm³/mol. The molecule has 5 nitrogen and oxygen atoms in total. The van der Waals surface area contributed by atoms with Crippen LogP contribution < -0.4 is 4.90 Å². The molecule has 0 aliphatic carbocycles. The van der Waals surface area contributed by atoms with Crippen LogP contribution in [0.3, 0.4) is 0 Å². The first kappa shape index (κ1) is 18.3. The summed E-state index contributed by atoms with van der Waals surface area (Å²) in [5.41, 5.74) is 3.89. The molecule has 0 fully saturated rings. The average molecular weight is 413 g/mol. The number of aromatic nitrogens is 3. The fourth-order valence-electron chi connectivity index (χ4n) is 2.85. The fourth-order valence-corrected chi connectivity index (χ4v) is 3.09. The van der Waals surface area contributed by atoms with Gasteiger partial charge in [0, 0.05) is 28.5 Å². The Kier molecular flexibility index (Phi) is 5.52. The zero-order valence-corrected chi connectivity index (χ0v) is 16.7. The third kappa shape index (κ3) is 4.02. The van der Waals surface area contributed by atoms with Crippen LogP contribution in [0.4, 0.5) is 5.82 Å². The van der Waals surface area contributed by atoms with E-state index in [0.717, 1.165) is 21.4 Å². The minimum atomic E-state index is -0.0556. The number of rotatable bonds is 5. The van der Waals surface area contributed by atoms with Crippen LogP contribution in [0, 0.1) is 13.8 Å². The highest BCUT2D eigenvalue weighted by Crippen LogP contribution is 2.18. The number of benzene rings is 1. The van der Waals surface area contributed by atoms with E-state index in [1.54, 1.807) is 11.1 Å². The van der Waals surface area contributed by atoms with Crippen LogP contribution in [0.2, 0.25) is 0 Å². The highest BCUT2D eigenvalue weighted by atomic mass is 79.9. The predicted octanol–water partition coefficient (Wildman–Crippen LogP) is 4.37. The number of hydrogen-bond donors (Lipinski definition) is 0. The first-order chi connectivity index (χ1) is 12.5. The SMILES string of the molecule is CCN(C(=O)c1ccc(Cn2nc(C)cc2C)cc1)c1ccc(Br)cn1. The molecule has 3 aromatic rings. The van der Waals surface area contributed by atoms with Crippen molar-refractivity contribution < 1.29 is 4.79 Å². The number of anilines is 1. The van der Waals surface area contributed by atoms with Crippen molar-refractivity contribution in [3.8, 4) is 0 Å². The van der Waals surface area contributed by atoms with Gasteiger partial charge in [-0.1, -0.05) is 12.1 Å². The van der Waals surface area contributed by atoms with Crippen molar-refractivity contribution in [2.24, 2.45) is 0 Å². The molecule has 0 radical (unpaired) electrons. The van der Waals surface area contributed by atoms with Gasteiger partial charge in [0.2, 0.25) is 0 Å². The molecule has 0 aliphatic heterocycles. The summed E-state index contributed by atoms with van der Waals surface area (Å²) >= 11 is 3.37. The molecule has 0 saturated heterocycles. The second kappa shape index (κ2) is 7.83. The maximum atomic E-state index is 12.8. The number of nitrogens with zero attached hydrogens (tertiary/aromatic N) is 4. The van der Waals surface area contributed by atoms with Crippen molar-refractivity contribution in [2.75, 3.05) is 11.4 Å². The molecular weight excluding hydrogens is 392 g/mol. The smallest absolute Gasteiger partial charge is 0.259 e. The zero-order valence-electron chi connectivity index (χ0n) is 15.1. The van der Waals surface area contributed by atoms with Gasteiger partial charge in [-0.25, -0.2) is 4.98 Å². The van der Waals surface area contributed by atoms with Gasteiger partial charge >= 0.3 is 0 Å². The third-order valence-electron chi connectivity index (χ3n) is 4.19. The Morgan fingerprint density at radius 1 is 1.15 bits per heavy atom. The highest BCUT2D eigenvalue weighted by Gasteiger charge is 2.17. The lowest BCUT2D eigenvalue weighted by atomic mass is 10.1. The Morgan fingerprint density at radius 2 is 1.88 bits per heavy atom. The van der Waals surface area contributed by atoms with Gasteiger partial charge in [-0.15, -0.1) is 0 Å². The van der Waals surface area contributed by atoms with Crippen molar-refractivity contribution in [2.45, 2.75) is 27.3 Å². The maximum Gasteiger partial charge on any atom is 0.259 e. The first-order valence-electron chi connectivity index (χ1n) is 8.51. The highest BCUT2D eigenvalue weighted by molar-refractivity contribution is 9.10. The molecule has 0 atom stereocenters. The first-order valence-corrected chi connectivity index (χ1v) is 9.30. The van der Waals surface area contributed by atoms with Gasteiger partial charge in [-0.2, -0.15) is 5.10 Å². The standard InChI is InChI=1S/C20H21BrN4O/c1-4-24(19-10-9-18(21)12-22-19)20(26)17-7-5-16(6-8-17)13-25-15(3)11-14(2)23-25/h5-12H,4,13H2,1-3H3. The van der Waals surface area contributed by atoms with Crippen LogP contribution in [0.25, 0.3) is 0 Å². The van der Waals surface area contributed by atoms with Crippen molar-refractivity contribution in [1.82, 2.24) is 14.8 Å². The molecule has 0 spiro atoms. The van der Waals surface area contributed by atoms with Crippen molar-refractivity contribution in [3.63, 3.8) is 0 Å². The lowest BCUT2D eigenvalue weighted by molar-refractivity contribution is 0.0987. The minimum Gasteiger partial charge on any atom is -0.293 e. The van der Waals surface area contributed by atoms with E-state index in [0.29, 0.717) is 24.5 Å². The fraction of sp³-hybridized carbons (Fsp3) is 0.250. The summed E-state index contributed by atoms with van der Waals surface area (Å²) < 4.78 is 2.86. The number of carbonyl (C=O) groups excluding carboxylic acids is 1. The summed E-state index contributed by atoms with van der Waals surface area (Å²) in [6, 6.07) is 13.5. The number of pyridine rings is 1. The van der Waals surface area contributed by atoms with Gasteiger partial charge < -0.3 is 0 Å². The molecular formula is C20H21BrN4O. The second-order valence-corrected chi connectivity index (χ2v) is 7.08. The van der Waals surface area contributed by atoms with E-state index in [2.05, 4.69) is 32.1 Å². The normalized spacial score (nSPS) is 10.8. The summed E-state index contributed by atoms with van der Waals surface area (Å²) in [6.07, 6.45) is 1.70. The molecule has 0 bridgehead atoms.